The highest BCUT2D eigenvalue weighted by Gasteiger charge is 2.07. The predicted molar refractivity (Wildman–Crippen MR) is 77.0 cm³/mol. The lowest BCUT2D eigenvalue weighted by Gasteiger charge is -2.11. The summed E-state index contributed by atoms with van der Waals surface area (Å²) in [4.78, 5) is 12.8. The van der Waals surface area contributed by atoms with Crippen LogP contribution in [-0.4, -0.2) is 21.5 Å². The number of rotatable bonds is 5. The molecule has 0 saturated heterocycles. The van der Waals surface area contributed by atoms with Crippen LogP contribution in [0.3, 0.4) is 0 Å². The van der Waals surface area contributed by atoms with Gasteiger partial charge >= 0.3 is 0 Å². The minimum absolute atomic E-state index is 0.552. The Balaban J connectivity index is 2.01. The van der Waals surface area contributed by atoms with E-state index < -0.39 is 0 Å². The molecule has 19 heavy (non-hydrogen) atoms. The van der Waals surface area contributed by atoms with Crippen LogP contribution >= 0.6 is 0 Å². The van der Waals surface area contributed by atoms with Crippen molar-refractivity contribution in [2.45, 2.75) is 26.7 Å². The van der Waals surface area contributed by atoms with Gasteiger partial charge in [-0.2, -0.15) is 0 Å². The highest BCUT2D eigenvalue weighted by molar-refractivity contribution is 5.54. The fraction of sp³-hybridized carbons (Fsp3) is 0.357. The molecule has 2 aromatic rings. The van der Waals surface area contributed by atoms with E-state index >= 15 is 0 Å². The molecule has 5 heteroatoms. The molecule has 0 saturated carbocycles. The number of hydrogen-bond donors (Lipinski definition) is 2. The van der Waals surface area contributed by atoms with Crippen molar-refractivity contribution in [1.29, 1.82) is 0 Å². The maximum absolute atomic E-state index is 5.88. The van der Waals surface area contributed by atoms with Crippen molar-refractivity contribution >= 4 is 11.6 Å². The summed E-state index contributed by atoms with van der Waals surface area (Å²) in [5.41, 5.74) is 7.98. The van der Waals surface area contributed by atoms with Crippen LogP contribution in [0.1, 0.15) is 23.9 Å². The smallest absolute Gasteiger partial charge is 0.134 e. The van der Waals surface area contributed by atoms with Crippen LogP contribution in [0.2, 0.25) is 0 Å². The first-order valence-electron chi connectivity index (χ1n) is 6.46. The third-order valence-corrected chi connectivity index (χ3v) is 2.97. The molecule has 0 aliphatic heterocycles. The first-order valence-corrected chi connectivity index (χ1v) is 6.46. The van der Waals surface area contributed by atoms with Gasteiger partial charge in [0.15, 0.2) is 0 Å². The third kappa shape index (κ3) is 3.40. The number of nitrogens with two attached hydrogens (primary N) is 1. The number of hydrogen-bond acceptors (Lipinski definition) is 5. The summed E-state index contributed by atoms with van der Waals surface area (Å²) < 4.78 is 0. The quantitative estimate of drug-likeness (QED) is 0.856. The Labute approximate surface area is 113 Å². The lowest BCUT2D eigenvalue weighted by atomic mass is 10.2. The average molecular weight is 257 g/mol. The van der Waals surface area contributed by atoms with Crippen molar-refractivity contribution in [3.05, 3.63) is 41.5 Å². The SMILES string of the molecule is CCc1nc(N)c(C)c(NCCc2cccnc2)n1. The molecule has 5 nitrogen and oxygen atoms in total. The third-order valence-electron chi connectivity index (χ3n) is 2.97. The molecule has 3 N–H and O–H groups in total. The molecule has 0 aromatic carbocycles. The molecule has 0 bridgehead atoms. The number of pyridine rings is 1. The van der Waals surface area contributed by atoms with Gasteiger partial charge in [0, 0.05) is 30.9 Å². The molecule has 2 aromatic heterocycles. The second-order valence-electron chi connectivity index (χ2n) is 4.39. The van der Waals surface area contributed by atoms with Gasteiger partial charge in [-0.1, -0.05) is 13.0 Å². The van der Waals surface area contributed by atoms with Gasteiger partial charge in [0.1, 0.15) is 17.5 Å². The molecule has 0 fully saturated rings. The van der Waals surface area contributed by atoms with Gasteiger partial charge in [-0.25, -0.2) is 9.97 Å². The minimum atomic E-state index is 0.552. The second kappa shape index (κ2) is 6.13. The van der Waals surface area contributed by atoms with Crippen molar-refractivity contribution in [2.24, 2.45) is 0 Å². The van der Waals surface area contributed by atoms with Gasteiger partial charge in [0.25, 0.3) is 0 Å². The summed E-state index contributed by atoms with van der Waals surface area (Å²) in [5, 5.41) is 3.32. The number of aryl methyl sites for hydroxylation is 1. The minimum Gasteiger partial charge on any atom is -0.383 e. The highest BCUT2D eigenvalue weighted by atomic mass is 15.1. The van der Waals surface area contributed by atoms with Crippen molar-refractivity contribution in [2.75, 3.05) is 17.6 Å². The molecule has 0 aliphatic rings. The van der Waals surface area contributed by atoms with E-state index in [9.17, 15) is 0 Å². The molecule has 100 valence electrons. The van der Waals surface area contributed by atoms with Gasteiger partial charge in [0.2, 0.25) is 0 Å². The first kappa shape index (κ1) is 13.3. The Morgan fingerprint density at radius 3 is 2.84 bits per heavy atom. The van der Waals surface area contributed by atoms with Gasteiger partial charge in [-0.05, 0) is 25.0 Å². The molecule has 0 unspecified atom stereocenters. The topological polar surface area (TPSA) is 76.7 Å². The van der Waals surface area contributed by atoms with Crippen LogP contribution < -0.4 is 11.1 Å². The molecule has 2 heterocycles. The maximum atomic E-state index is 5.88. The average Bonchev–Trinajstić information content (AvgIpc) is 2.44. The molecule has 0 aliphatic carbocycles. The van der Waals surface area contributed by atoms with Crippen LogP contribution in [-0.2, 0) is 12.8 Å². The second-order valence-corrected chi connectivity index (χ2v) is 4.39. The van der Waals surface area contributed by atoms with Crippen molar-refractivity contribution < 1.29 is 0 Å². The van der Waals surface area contributed by atoms with Crippen LogP contribution in [0.15, 0.2) is 24.5 Å². The molecular weight excluding hydrogens is 238 g/mol. The maximum Gasteiger partial charge on any atom is 0.134 e. The molecule has 0 atom stereocenters. The van der Waals surface area contributed by atoms with E-state index in [1.165, 1.54) is 5.56 Å². The number of aromatic nitrogens is 3. The van der Waals surface area contributed by atoms with Crippen molar-refractivity contribution in [3.8, 4) is 0 Å². The van der Waals surface area contributed by atoms with Crippen LogP contribution in [0, 0.1) is 6.92 Å². The van der Waals surface area contributed by atoms with Crippen LogP contribution in [0.4, 0.5) is 11.6 Å². The summed E-state index contributed by atoms with van der Waals surface area (Å²) in [6.07, 6.45) is 5.33. The largest absolute Gasteiger partial charge is 0.383 e. The Kier molecular flexibility index (Phi) is 4.28. The molecule has 0 spiro atoms. The van der Waals surface area contributed by atoms with Gasteiger partial charge in [0.05, 0.1) is 0 Å². The van der Waals surface area contributed by atoms with E-state index in [1.54, 1.807) is 6.20 Å². The van der Waals surface area contributed by atoms with E-state index in [4.69, 9.17) is 5.73 Å². The number of nitrogens with one attached hydrogen (secondary N) is 1. The predicted octanol–water partition coefficient (Wildman–Crippen LogP) is 1.98. The molecular formula is C14H19N5. The lowest BCUT2D eigenvalue weighted by Crippen LogP contribution is -2.11. The van der Waals surface area contributed by atoms with Crippen LogP contribution in [0.25, 0.3) is 0 Å². The molecule has 0 amide bonds. The normalized spacial score (nSPS) is 10.4. The van der Waals surface area contributed by atoms with E-state index in [0.717, 1.165) is 36.6 Å². The van der Waals surface area contributed by atoms with Crippen molar-refractivity contribution in [3.63, 3.8) is 0 Å². The van der Waals surface area contributed by atoms with Crippen molar-refractivity contribution in [1.82, 2.24) is 15.0 Å². The fourth-order valence-corrected chi connectivity index (χ4v) is 1.78. The van der Waals surface area contributed by atoms with Crippen LogP contribution in [0.5, 0.6) is 0 Å². The van der Waals surface area contributed by atoms with E-state index in [-0.39, 0.29) is 0 Å². The number of anilines is 2. The molecule has 0 radical (unpaired) electrons. The molecule has 2 rings (SSSR count). The van der Waals surface area contributed by atoms with E-state index in [2.05, 4.69) is 26.3 Å². The zero-order valence-electron chi connectivity index (χ0n) is 11.3. The summed E-state index contributed by atoms with van der Waals surface area (Å²) in [6.45, 7) is 4.75. The fourth-order valence-electron chi connectivity index (χ4n) is 1.78. The first-order chi connectivity index (χ1) is 9.20. The standard InChI is InChI=1S/C14H19N5/c1-3-12-18-13(15)10(2)14(19-12)17-8-6-11-5-4-7-16-9-11/h4-5,7,9H,3,6,8H2,1-2H3,(H3,15,17,18,19). The summed E-state index contributed by atoms with van der Waals surface area (Å²) >= 11 is 0. The Morgan fingerprint density at radius 2 is 2.16 bits per heavy atom. The van der Waals surface area contributed by atoms with Gasteiger partial charge < -0.3 is 11.1 Å². The summed E-state index contributed by atoms with van der Waals surface area (Å²) in [6, 6.07) is 4.01. The van der Waals surface area contributed by atoms with Gasteiger partial charge in [-0.3, -0.25) is 4.98 Å². The Hall–Kier alpha value is -2.17. The number of nitrogens with zero attached hydrogens (tertiary/aromatic N) is 3. The van der Waals surface area contributed by atoms with Gasteiger partial charge in [-0.15, -0.1) is 0 Å². The van der Waals surface area contributed by atoms with E-state index in [0.29, 0.717) is 5.82 Å². The Bertz CT molecular complexity index is 539. The summed E-state index contributed by atoms with van der Waals surface area (Å²) in [5.74, 6) is 2.15. The zero-order valence-corrected chi connectivity index (χ0v) is 11.3. The highest BCUT2D eigenvalue weighted by Crippen LogP contribution is 2.17. The zero-order chi connectivity index (χ0) is 13.7. The lowest BCUT2D eigenvalue weighted by molar-refractivity contribution is 0.919. The Morgan fingerprint density at radius 1 is 1.32 bits per heavy atom. The number of nitrogen functional groups attached to an aromatic ring is 1. The summed E-state index contributed by atoms with van der Waals surface area (Å²) in [7, 11) is 0. The van der Waals surface area contributed by atoms with E-state index in [1.807, 2.05) is 26.1 Å². The monoisotopic (exact) mass is 257 g/mol.